The lowest BCUT2D eigenvalue weighted by Gasteiger charge is -2.51. The maximum atomic E-state index is 2.66. The summed E-state index contributed by atoms with van der Waals surface area (Å²) >= 11 is 0. The van der Waals surface area contributed by atoms with E-state index in [-0.39, 0.29) is 10.0 Å². The third-order valence-electron chi connectivity index (χ3n) is 6.25. The molecule has 1 heterocycles. The van der Waals surface area contributed by atoms with Crippen molar-refractivity contribution in [1.82, 2.24) is 0 Å². The lowest BCUT2D eigenvalue weighted by Crippen LogP contribution is -2.31. The largest absolute Gasteiger partial charge is 0.241 e. The van der Waals surface area contributed by atoms with Crippen LogP contribution in [0.25, 0.3) is 0 Å². The molecule has 0 N–H and O–H groups in total. The van der Waals surface area contributed by atoms with Gasteiger partial charge < -0.3 is 0 Å². The molecule has 0 amide bonds. The number of rotatable bonds is 9. The van der Waals surface area contributed by atoms with Gasteiger partial charge in [-0.15, -0.1) is 0 Å². The Morgan fingerprint density at radius 2 is 1.67 bits per heavy atom. The van der Waals surface area contributed by atoms with Gasteiger partial charge >= 0.3 is 0 Å². The van der Waals surface area contributed by atoms with Gasteiger partial charge in [0.05, 0.1) is 0 Å². The van der Waals surface area contributed by atoms with Gasteiger partial charge in [0, 0.05) is 0 Å². The second-order valence-corrected chi connectivity index (χ2v) is 12.2. The summed E-state index contributed by atoms with van der Waals surface area (Å²) in [5.74, 6) is 4.29. The maximum absolute atomic E-state index is 2.66. The first kappa shape index (κ1) is 17.8. The van der Waals surface area contributed by atoms with E-state index in [0.717, 1.165) is 11.1 Å². The summed E-state index contributed by atoms with van der Waals surface area (Å²) in [5, 5.41) is 1.12. The van der Waals surface area contributed by atoms with E-state index in [1.165, 1.54) is 64.1 Å². The first-order valence-electron chi connectivity index (χ1n) is 9.97. The topological polar surface area (TPSA) is 0 Å². The first-order valence-corrected chi connectivity index (χ1v) is 12.4. The van der Waals surface area contributed by atoms with E-state index < -0.39 is 0 Å². The highest BCUT2D eigenvalue weighted by Crippen LogP contribution is 2.59. The molecule has 1 unspecified atom stereocenters. The molecular formula is C19H39BS. The Labute approximate surface area is 136 Å². The zero-order chi connectivity index (χ0) is 15.0. The monoisotopic (exact) mass is 310 g/mol. The third-order valence-corrected chi connectivity index (χ3v) is 10.8. The van der Waals surface area contributed by atoms with Crippen molar-refractivity contribution in [3.63, 3.8) is 0 Å². The van der Waals surface area contributed by atoms with Crippen LogP contribution in [0.4, 0.5) is 0 Å². The molecule has 1 aliphatic heterocycles. The Balaban J connectivity index is 1.57. The van der Waals surface area contributed by atoms with Crippen molar-refractivity contribution in [1.29, 1.82) is 0 Å². The van der Waals surface area contributed by atoms with E-state index in [1.54, 1.807) is 38.0 Å². The van der Waals surface area contributed by atoms with Crippen molar-refractivity contribution in [3.05, 3.63) is 0 Å². The fourth-order valence-electron chi connectivity index (χ4n) is 4.60. The molecule has 124 valence electrons. The summed E-state index contributed by atoms with van der Waals surface area (Å²) in [6.07, 6.45) is 22.4. The van der Waals surface area contributed by atoms with Crippen molar-refractivity contribution in [3.8, 4) is 0 Å². The van der Waals surface area contributed by atoms with Crippen LogP contribution in [0.5, 0.6) is 0 Å². The number of hydrogen-bond acceptors (Lipinski definition) is 0. The van der Waals surface area contributed by atoms with E-state index in [4.69, 9.17) is 0 Å². The Bertz CT molecular complexity index is 267. The van der Waals surface area contributed by atoms with Crippen molar-refractivity contribution in [2.75, 3.05) is 17.8 Å². The van der Waals surface area contributed by atoms with Gasteiger partial charge in [0.25, 0.3) is 0 Å². The summed E-state index contributed by atoms with van der Waals surface area (Å²) in [6, 6.07) is 0. The third kappa shape index (κ3) is 5.85. The van der Waals surface area contributed by atoms with Crippen LogP contribution < -0.4 is 0 Å². The van der Waals surface area contributed by atoms with E-state index in [2.05, 4.69) is 13.2 Å². The van der Waals surface area contributed by atoms with Gasteiger partial charge in [-0.25, -0.2) is 10.0 Å². The molecular weight excluding hydrogens is 271 g/mol. The molecule has 0 aromatic carbocycles. The Morgan fingerprint density at radius 3 is 2.24 bits per heavy atom. The fraction of sp³-hybridized carbons (Fsp3) is 1.00. The number of hydrogen-bond donors (Lipinski definition) is 0. The molecule has 1 saturated carbocycles. The van der Waals surface area contributed by atoms with E-state index >= 15 is 0 Å². The second kappa shape index (κ2) is 9.53. The molecule has 2 fully saturated rings. The molecule has 2 heteroatoms. The smallest absolute Gasteiger partial charge is 0.124 e. The maximum Gasteiger partial charge on any atom is 0.124 e. The number of unbranched alkanes of at least 4 members (excludes halogenated alkanes) is 1. The molecule has 0 aromatic rings. The molecule has 0 radical (unpaired) electrons. The summed E-state index contributed by atoms with van der Waals surface area (Å²) < 4.78 is 0. The van der Waals surface area contributed by atoms with Gasteiger partial charge in [0.15, 0.2) is 0 Å². The summed E-state index contributed by atoms with van der Waals surface area (Å²) in [4.78, 5) is 0. The second-order valence-electron chi connectivity index (χ2n) is 8.02. The quantitative estimate of drug-likeness (QED) is 0.272. The molecule has 2 rings (SSSR count). The molecule has 1 aliphatic carbocycles. The summed E-state index contributed by atoms with van der Waals surface area (Å²) in [7, 11) is 1.39. The van der Waals surface area contributed by atoms with Gasteiger partial charge in [-0.1, -0.05) is 76.8 Å². The SMILES string of the molecule is CCCC(CCCCBC1CCCCCC1)S1(C)CCC1. The predicted molar refractivity (Wildman–Crippen MR) is 104 cm³/mol. The lowest BCUT2D eigenvalue weighted by atomic mass is 9.58. The van der Waals surface area contributed by atoms with Crippen molar-refractivity contribution in [2.24, 2.45) is 0 Å². The Hall–Kier alpha value is 0.415. The summed E-state index contributed by atoms with van der Waals surface area (Å²) in [6.45, 7) is 2.39. The average molecular weight is 310 g/mol. The molecule has 0 spiro atoms. The van der Waals surface area contributed by atoms with Crippen LogP contribution in [-0.4, -0.2) is 30.3 Å². The van der Waals surface area contributed by atoms with Crippen LogP contribution in [0, 0.1) is 0 Å². The first-order chi connectivity index (χ1) is 10.2. The van der Waals surface area contributed by atoms with Gasteiger partial charge in [0.1, 0.15) is 7.28 Å². The van der Waals surface area contributed by atoms with Gasteiger partial charge in [-0.2, -0.15) is 0 Å². The minimum Gasteiger partial charge on any atom is -0.241 e. The van der Waals surface area contributed by atoms with E-state index in [1.807, 2.05) is 0 Å². The lowest BCUT2D eigenvalue weighted by molar-refractivity contribution is 0.622. The van der Waals surface area contributed by atoms with Crippen LogP contribution in [-0.2, 0) is 0 Å². The normalized spacial score (nSPS) is 25.6. The molecule has 1 atom stereocenters. The highest BCUT2D eigenvalue weighted by molar-refractivity contribution is 8.34. The van der Waals surface area contributed by atoms with Gasteiger partial charge in [-0.05, 0) is 42.3 Å². The zero-order valence-corrected chi connectivity index (χ0v) is 15.7. The molecule has 0 nitrogen and oxygen atoms in total. The van der Waals surface area contributed by atoms with Crippen molar-refractivity contribution < 1.29 is 0 Å². The zero-order valence-electron chi connectivity index (χ0n) is 14.9. The summed E-state index contributed by atoms with van der Waals surface area (Å²) in [5.41, 5.74) is 0. The van der Waals surface area contributed by atoms with Gasteiger partial charge in [0.2, 0.25) is 0 Å². The minimum absolute atomic E-state index is 0.154. The predicted octanol–water partition coefficient (Wildman–Crippen LogP) is 6.16. The van der Waals surface area contributed by atoms with Gasteiger partial charge in [-0.3, -0.25) is 0 Å². The standard InChI is InChI=1S/C19H39BS/c1-3-11-19(21(2)16-10-17-21)14-8-9-15-20-18-12-6-4-5-7-13-18/h18-20H,3-17H2,1-2H3. The highest BCUT2D eigenvalue weighted by Gasteiger charge is 2.33. The highest BCUT2D eigenvalue weighted by atomic mass is 32.3. The molecule has 0 bridgehead atoms. The Kier molecular flexibility index (Phi) is 8.06. The minimum atomic E-state index is -0.154. The van der Waals surface area contributed by atoms with Crippen LogP contribution in [0.3, 0.4) is 0 Å². The van der Waals surface area contributed by atoms with Crippen LogP contribution in [0.1, 0.15) is 84.0 Å². The van der Waals surface area contributed by atoms with Crippen molar-refractivity contribution >= 4 is 17.3 Å². The van der Waals surface area contributed by atoms with Crippen LogP contribution in [0.2, 0.25) is 12.1 Å². The van der Waals surface area contributed by atoms with Crippen LogP contribution in [0.15, 0.2) is 0 Å². The molecule has 1 saturated heterocycles. The average Bonchev–Trinajstić information content (AvgIpc) is 2.72. The van der Waals surface area contributed by atoms with Crippen LogP contribution >= 0.6 is 10.0 Å². The fourth-order valence-corrected chi connectivity index (χ4v) is 8.01. The van der Waals surface area contributed by atoms with E-state index in [9.17, 15) is 0 Å². The van der Waals surface area contributed by atoms with Crippen molar-refractivity contribution in [2.45, 2.75) is 101 Å². The Morgan fingerprint density at radius 1 is 0.952 bits per heavy atom. The molecule has 2 aliphatic rings. The molecule has 21 heavy (non-hydrogen) atoms. The molecule has 0 aromatic heterocycles. The van der Waals surface area contributed by atoms with E-state index in [0.29, 0.717) is 0 Å².